The fourth-order valence-electron chi connectivity index (χ4n) is 3.44. The largest absolute Gasteiger partial charge is 0.354 e. The Bertz CT molecular complexity index is 513. The molecule has 0 saturated carbocycles. The standard InChI is InChI=1S/C19H30ClN3O/c1-3-23(4-2)18(16-7-5-6-8-17(16)20)14-22-19(24)10-9-15-11-12-21-13-15/h5-8,15,18,21H,3-4,9-14H2,1-2H3,(H,22,24). The Labute approximate surface area is 150 Å². The fourth-order valence-corrected chi connectivity index (χ4v) is 3.70. The molecular formula is C19H30ClN3O. The van der Waals surface area contributed by atoms with Gasteiger partial charge in [-0.05, 0) is 56.6 Å². The summed E-state index contributed by atoms with van der Waals surface area (Å²) >= 11 is 6.39. The molecule has 1 amide bonds. The van der Waals surface area contributed by atoms with Crippen molar-refractivity contribution in [1.82, 2.24) is 15.5 Å². The van der Waals surface area contributed by atoms with Crippen LogP contribution >= 0.6 is 11.6 Å². The van der Waals surface area contributed by atoms with Crippen molar-refractivity contribution in [3.05, 3.63) is 34.9 Å². The number of hydrogen-bond acceptors (Lipinski definition) is 3. The summed E-state index contributed by atoms with van der Waals surface area (Å²) in [7, 11) is 0. The number of carbonyl (C=O) groups excluding carboxylic acids is 1. The van der Waals surface area contributed by atoms with Gasteiger partial charge in [0.2, 0.25) is 5.91 Å². The van der Waals surface area contributed by atoms with Crippen molar-refractivity contribution in [1.29, 1.82) is 0 Å². The molecule has 1 aliphatic rings. The third-order valence-corrected chi connectivity index (χ3v) is 5.30. The Morgan fingerprint density at radius 3 is 2.75 bits per heavy atom. The first-order valence-corrected chi connectivity index (χ1v) is 9.49. The molecule has 1 aromatic rings. The highest BCUT2D eigenvalue weighted by molar-refractivity contribution is 6.31. The number of amides is 1. The molecule has 2 unspecified atom stereocenters. The van der Waals surface area contributed by atoms with Gasteiger partial charge in [-0.2, -0.15) is 0 Å². The highest BCUT2D eigenvalue weighted by Gasteiger charge is 2.21. The third kappa shape index (κ3) is 5.47. The van der Waals surface area contributed by atoms with E-state index in [2.05, 4.69) is 35.4 Å². The summed E-state index contributed by atoms with van der Waals surface area (Å²) in [6.45, 7) is 8.88. The van der Waals surface area contributed by atoms with Crippen molar-refractivity contribution in [2.75, 3.05) is 32.7 Å². The minimum Gasteiger partial charge on any atom is -0.354 e. The maximum absolute atomic E-state index is 12.2. The first kappa shape index (κ1) is 19.2. The summed E-state index contributed by atoms with van der Waals surface area (Å²) in [5, 5.41) is 7.24. The van der Waals surface area contributed by atoms with Crippen LogP contribution in [0.15, 0.2) is 24.3 Å². The van der Waals surface area contributed by atoms with E-state index in [1.165, 1.54) is 6.42 Å². The van der Waals surface area contributed by atoms with Crippen molar-refractivity contribution < 1.29 is 4.79 Å². The molecule has 1 saturated heterocycles. The second kappa shape index (κ2) is 10.0. The topological polar surface area (TPSA) is 44.4 Å². The first-order valence-electron chi connectivity index (χ1n) is 9.11. The molecule has 0 radical (unpaired) electrons. The zero-order valence-electron chi connectivity index (χ0n) is 14.9. The smallest absolute Gasteiger partial charge is 0.220 e. The van der Waals surface area contributed by atoms with Gasteiger partial charge in [-0.3, -0.25) is 9.69 Å². The molecule has 1 aromatic carbocycles. The Kier molecular flexibility index (Phi) is 8.03. The molecule has 2 atom stereocenters. The van der Waals surface area contributed by atoms with E-state index in [0.717, 1.165) is 43.2 Å². The zero-order chi connectivity index (χ0) is 17.4. The molecule has 0 aliphatic carbocycles. The quantitative estimate of drug-likeness (QED) is 0.718. The number of likely N-dealkylation sites (N-methyl/N-ethyl adjacent to an activating group) is 1. The van der Waals surface area contributed by atoms with Gasteiger partial charge in [0.15, 0.2) is 0 Å². The lowest BCUT2D eigenvalue weighted by molar-refractivity contribution is -0.121. The van der Waals surface area contributed by atoms with Gasteiger partial charge in [-0.1, -0.05) is 43.6 Å². The van der Waals surface area contributed by atoms with Gasteiger partial charge in [0, 0.05) is 18.0 Å². The summed E-state index contributed by atoms with van der Waals surface area (Å²) in [5.41, 5.74) is 1.09. The van der Waals surface area contributed by atoms with E-state index in [-0.39, 0.29) is 11.9 Å². The fraction of sp³-hybridized carbons (Fsp3) is 0.632. The van der Waals surface area contributed by atoms with Gasteiger partial charge in [0.1, 0.15) is 0 Å². The van der Waals surface area contributed by atoms with Crippen LogP contribution in [0.2, 0.25) is 5.02 Å². The lowest BCUT2D eigenvalue weighted by Crippen LogP contribution is -2.38. The van der Waals surface area contributed by atoms with Crippen molar-refractivity contribution in [2.24, 2.45) is 5.92 Å². The van der Waals surface area contributed by atoms with Crippen LogP contribution in [0.25, 0.3) is 0 Å². The zero-order valence-corrected chi connectivity index (χ0v) is 15.6. The van der Waals surface area contributed by atoms with Crippen LogP contribution in [-0.2, 0) is 4.79 Å². The van der Waals surface area contributed by atoms with E-state index in [4.69, 9.17) is 11.6 Å². The molecule has 2 rings (SSSR count). The van der Waals surface area contributed by atoms with E-state index >= 15 is 0 Å². The van der Waals surface area contributed by atoms with Gasteiger partial charge in [-0.15, -0.1) is 0 Å². The van der Waals surface area contributed by atoms with Gasteiger partial charge in [0.05, 0.1) is 6.04 Å². The minimum atomic E-state index is 0.116. The molecule has 134 valence electrons. The van der Waals surface area contributed by atoms with Crippen molar-refractivity contribution in [3.8, 4) is 0 Å². The van der Waals surface area contributed by atoms with E-state index in [9.17, 15) is 4.79 Å². The lowest BCUT2D eigenvalue weighted by Gasteiger charge is -2.31. The van der Waals surface area contributed by atoms with E-state index < -0.39 is 0 Å². The number of halogens is 1. The highest BCUT2D eigenvalue weighted by Crippen LogP contribution is 2.27. The summed E-state index contributed by atoms with van der Waals surface area (Å²) in [6, 6.07) is 8.04. The van der Waals surface area contributed by atoms with Gasteiger partial charge in [-0.25, -0.2) is 0 Å². The molecular weight excluding hydrogens is 322 g/mol. The van der Waals surface area contributed by atoms with Gasteiger partial charge >= 0.3 is 0 Å². The monoisotopic (exact) mass is 351 g/mol. The molecule has 24 heavy (non-hydrogen) atoms. The van der Waals surface area contributed by atoms with Crippen LogP contribution in [0.4, 0.5) is 0 Å². The highest BCUT2D eigenvalue weighted by atomic mass is 35.5. The molecule has 1 heterocycles. The molecule has 5 heteroatoms. The van der Waals surface area contributed by atoms with E-state index in [1.54, 1.807) is 0 Å². The number of nitrogens with zero attached hydrogens (tertiary/aromatic N) is 1. The molecule has 0 aromatic heterocycles. The van der Waals surface area contributed by atoms with Crippen molar-refractivity contribution in [2.45, 2.75) is 39.2 Å². The molecule has 1 fully saturated rings. The average molecular weight is 352 g/mol. The van der Waals surface area contributed by atoms with E-state index in [1.807, 2.05) is 18.2 Å². The number of nitrogens with one attached hydrogen (secondary N) is 2. The van der Waals surface area contributed by atoms with Crippen molar-refractivity contribution >= 4 is 17.5 Å². The van der Waals surface area contributed by atoms with E-state index in [0.29, 0.717) is 18.9 Å². The normalized spacial score (nSPS) is 18.8. The summed E-state index contributed by atoms with van der Waals surface area (Å²) in [5.74, 6) is 0.795. The molecule has 0 bridgehead atoms. The van der Waals surface area contributed by atoms with Crippen LogP contribution in [0.1, 0.15) is 44.7 Å². The first-order chi connectivity index (χ1) is 11.7. The van der Waals surface area contributed by atoms with Crippen LogP contribution in [0.5, 0.6) is 0 Å². The number of carbonyl (C=O) groups is 1. The Balaban J connectivity index is 1.92. The third-order valence-electron chi connectivity index (χ3n) is 4.95. The maximum atomic E-state index is 12.2. The molecule has 4 nitrogen and oxygen atoms in total. The van der Waals surface area contributed by atoms with Crippen LogP contribution in [0.3, 0.4) is 0 Å². The molecule has 0 spiro atoms. The number of benzene rings is 1. The van der Waals surface area contributed by atoms with Crippen LogP contribution in [-0.4, -0.2) is 43.5 Å². The second-order valence-corrected chi connectivity index (χ2v) is 6.87. The van der Waals surface area contributed by atoms with Gasteiger partial charge in [0.25, 0.3) is 0 Å². The average Bonchev–Trinajstić information content (AvgIpc) is 3.11. The molecule has 2 N–H and O–H groups in total. The predicted octanol–water partition coefficient (Wildman–Crippen LogP) is 3.23. The minimum absolute atomic E-state index is 0.116. The predicted molar refractivity (Wildman–Crippen MR) is 100 cm³/mol. The summed E-state index contributed by atoms with van der Waals surface area (Å²) in [6.07, 6.45) is 2.77. The van der Waals surface area contributed by atoms with Crippen LogP contribution in [0, 0.1) is 5.92 Å². The Hall–Kier alpha value is -1.10. The second-order valence-electron chi connectivity index (χ2n) is 6.46. The lowest BCUT2D eigenvalue weighted by atomic mass is 10.0. The SMILES string of the molecule is CCN(CC)C(CNC(=O)CCC1CCNC1)c1ccccc1Cl. The Morgan fingerprint density at radius 1 is 1.38 bits per heavy atom. The maximum Gasteiger partial charge on any atom is 0.220 e. The van der Waals surface area contributed by atoms with Crippen molar-refractivity contribution in [3.63, 3.8) is 0 Å². The molecule has 1 aliphatic heterocycles. The summed E-state index contributed by atoms with van der Waals surface area (Å²) in [4.78, 5) is 14.6. The number of hydrogen-bond donors (Lipinski definition) is 2. The summed E-state index contributed by atoms with van der Waals surface area (Å²) < 4.78 is 0. The number of rotatable bonds is 9. The Morgan fingerprint density at radius 2 is 2.12 bits per heavy atom. The van der Waals surface area contributed by atoms with Gasteiger partial charge < -0.3 is 10.6 Å². The van der Waals surface area contributed by atoms with Crippen LogP contribution < -0.4 is 10.6 Å².